The van der Waals surface area contributed by atoms with Gasteiger partial charge < -0.3 is 0 Å². The highest BCUT2D eigenvalue weighted by Gasteiger charge is 2.11. The van der Waals surface area contributed by atoms with E-state index in [1.54, 1.807) is 42.5 Å². The molecule has 0 bridgehead atoms. The molecule has 26 heavy (non-hydrogen) atoms. The highest BCUT2D eigenvalue weighted by molar-refractivity contribution is 6.42. The number of carbonyl (C=O) groups is 1. The van der Waals surface area contributed by atoms with Gasteiger partial charge in [-0.1, -0.05) is 58.5 Å². The van der Waals surface area contributed by atoms with Crippen molar-refractivity contribution in [1.82, 2.24) is 15.6 Å². The van der Waals surface area contributed by atoms with Gasteiger partial charge in [0.05, 0.1) is 27.0 Å². The lowest BCUT2D eigenvalue weighted by atomic mass is 10.1. The number of benzene rings is 2. The van der Waals surface area contributed by atoms with E-state index in [1.165, 1.54) is 6.21 Å². The largest absolute Gasteiger partial charge is 0.289 e. The van der Waals surface area contributed by atoms with Gasteiger partial charge in [-0.15, -0.1) is 0 Å². The van der Waals surface area contributed by atoms with Crippen LogP contribution in [0.15, 0.2) is 47.6 Å². The molecule has 0 unspecified atom stereocenters. The molecule has 1 amide bonds. The van der Waals surface area contributed by atoms with Crippen LogP contribution in [-0.2, 0) is 0 Å². The number of H-pyrrole nitrogens is 1. The van der Waals surface area contributed by atoms with Crippen LogP contribution >= 0.6 is 46.4 Å². The van der Waals surface area contributed by atoms with E-state index in [4.69, 9.17) is 46.4 Å². The fraction of sp³-hybridized carbons (Fsp3) is 0. The van der Waals surface area contributed by atoms with Crippen molar-refractivity contribution < 1.29 is 4.79 Å². The molecule has 5 nitrogen and oxygen atoms in total. The predicted octanol–water partition coefficient (Wildman–Crippen LogP) is 5.45. The van der Waals surface area contributed by atoms with Crippen molar-refractivity contribution in [3.63, 3.8) is 0 Å². The Kier molecular flexibility index (Phi) is 5.84. The van der Waals surface area contributed by atoms with Gasteiger partial charge in [0.1, 0.15) is 5.69 Å². The van der Waals surface area contributed by atoms with Crippen molar-refractivity contribution in [3.05, 3.63) is 73.8 Å². The van der Waals surface area contributed by atoms with E-state index in [-0.39, 0.29) is 5.69 Å². The fourth-order valence-corrected chi connectivity index (χ4v) is 2.82. The van der Waals surface area contributed by atoms with E-state index in [0.29, 0.717) is 31.3 Å². The van der Waals surface area contributed by atoms with E-state index < -0.39 is 5.91 Å². The lowest BCUT2D eigenvalue weighted by molar-refractivity contribution is 0.0950. The monoisotopic (exact) mass is 426 g/mol. The molecule has 0 aliphatic carbocycles. The van der Waals surface area contributed by atoms with Crippen molar-refractivity contribution >= 4 is 58.5 Å². The van der Waals surface area contributed by atoms with Crippen molar-refractivity contribution in [1.29, 1.82) is 0 Å². The Labute approximate surface area is 168 Å². The molecule has 132 valence electrons. The normalized spacial score (nSPS) is 11.1. The Morgan fingerprint density at radius 1 is 1.00 bits per heavy atom. The number of hydrogen-bond acceptors (Lipinski definition) is 3. The summed E-state index contributed by atoms with van der Waals surface area (Å²) in [5.74, 6) is -0.454. The van der Waals surface area contributed by atoms with Gasteiger partial charge in [-0.2, -0.15) is 10.2 Å². The van der Waals surface area contributed by atoms with Gasteiger partial charge in [-0.25, -0.2) is 5.43 Å². The number of hydrazone groups is 1. The summed E-state index contributed by atoms with van der Waals surface area (Å²) >= 11 is 23.7. The summed E-state index contributed by atoms with van der Waals surface area (Å²) < 4.78 is 0. The minimum atomic E-state index is -0.454. The highest BCUT2D eigenvalue weighted by atomic mass is 35.5. The molecule has 0 saturated carbocycles. The smallest absolute Gasteiger partial charge is 0.272 e. The molecule has 0 saturated heterocycles. The van der Waals surface area contributed by atoms with Crippen molar-refractivity contribution in [2.24, 2.45) is 5.10 Å². The number of nitrogens with zero attached hydrogens (tertiary/aromatic N) is 2. The minimum absolute atomic E-state index is 0.241. The summed E-state index contributed by atoms with van der Waals surface area (Å²) in [5, 5.41) is 12.4. The van der Waals surface area contributed by atoms with E-state index >= 15 is 0 Å². The Morgan fingerprint density at radius 2 is 1.81 bits per heavy atom. The van der Waals surface area contributed by atoms with Gasteiger partial charge in [0.15, 0.2) is 0 Å². The molecular weight excluding hydrogens is 418 g/mol. The van der Waals surface area contributed by atoms with Crippen LogP contribution in [0.1, 0.15) is 16.1 Å². The first-order chi connectivity index (χ1) is 12.4. The van der Waals surface area contributed by atoms with Gasteiger partial charge in [0, 0.05) is 16.1 Å². The van der Waals surface area contributed by atoms with Crippen LogP contribution in [0, 0.1) is 0 Å². The molecule has 1 aromatic heterocycles. The molecule has 3 aromatic rings. The maximum absolute atomic E-state index is 12.1. The first-order valence-corrected chi connectivity index (χ1v) is 8.74. The summed E-state index contributed by atoms with van der Waals surface area (Å²) in [5.41, 5.74) is 4.54. The Balaban J connectivity index is 1.70. The van der Waals surface area contributed by atoms with Crippen LogP contribution in [0.2, 0.25) is 20.1 Å². The van der Waals surface area contributed by atoms with E-state index in [0.717, 1.165) is 5.56 Å². The molecular formula is C17H10Cl4N4O. The van der Waals surface area contributed by atoms with E-state index in [1.807, 2.05) is 0 Å². The second-order valence-electron chi connectivity index (χ2n) is 5.16. The molecule has 2 aromatic carbocycles. The van der Waals surface area contributed by atoms with Gasteiger partial charge in [0.25, 0.3) is 5.91 Å². The van der Waals surface area contributed by atoms with Crippen LogP contribution in [-0.4, -0.2) is 22.3 Å². The maximum Gasteiger partial charge on any atom is 0.289 e. The molecule has 1 heterocycles. The third-order valence-electron chi connectivity index (χ3n) is 3.37. The van der Waals surface area contributed by atoms with E-state index in [9.17, 15) is 4.79 Å². The van der Waals surface area contributed by atoms with Crippen molar-refractivity contribution in [2.75, 3.05) is 0 Å². The lowest BCUT2D eigenvalue weighted by Crippen LogP contribution is -2.18. The van der Waals surface area contributed by atoms with Crippen LogP contribution in [0.3, 0.4) is 0 Å². The number of carbonyl (C=O) groups excluding carboxylic acids is 1. The van der Waals surface area contributed by atoms with E-state index in [2.05, 4.69) is 20.7 Å². The van der Waals surface area contributed by atoms with Gasteiger partial charge >= 0.3 is 0 Å². The third kappa shape index (κ3) is 4.37. The average molecular weight is 428 g/mol. The van der Waals surface area contributed by atoms with Gasteiger partial charge in [-0.3, -0.25) is 9.89 Å². The Hall–Kier alpha value is -2.05. The topological polar surface area (TPSA) is 70.1 Å². The highest BCUT2D eigenvalue weighted by Crippen LogP contribution is 2.27. The number of hydrogen-bond donors (Lipinski definition) is 2. The molecule has 0 aliphatic rings. The maximum atomic E-state index is 12.1. The number of rotatable bonds is 4. The summed E-state index contributed by atoms with van der Waals surface area (Å²) in [6.07, 6.45) is 1.42. The summed E-state index contributed by atoms with van der Waals surface area (Å²) in [6.45, 7) is 0. The molecule has 0 aliphatic heterocycles. The molecule has 3 rings (SSSR count). The minimum Gasteiger partial charge on any atom is -0.272 e. The number of halogens is 4. The second-order valence-corrected chi connectivity index (χ2v) is 6.82. The molecule has 0 radical (unpaired) electrons. The number of amides is 1. The number of aromatic nitrogens is 2. The first-order valence-electron chi connectivity index (χ1n) is 7.23. The zero-order chi connectivity index (χ0) is 18.7. The zero-order valence-electron chi connectivity index (χ0n) is 12.9. The standard InChI is InChI=1S/C17H10Cl4N4O/c18-11-3-1-10(13(20)6-11)8-22-25-17(26)16-7-15(23-24-16)9-2-4-12(19)14(21)5-9/h1-8H,(H,23,24)(H,25,26)/b22-8-. The van der Waals surface area contributed by atoms with Crippen LogP contribution < -0.4 is 5.43 Å². The molecule has 9 heteroatoms. The van der Waals surface area contributed by atoms with Gasteiger partial charge in [0.2, 0.25) is 0 Å². The third-order valence-corrected chi connectivity index (χ3v) is 4.67. The zero-order valence-corrected chi connectivity index (χ0v) is 16.0. The summed E-state index contributed by atoms with van der Waals surface area (Å²) in [7, 11) is 0. The Morgan fingerprint density at radius 3 is 2.54 bits per heavy atom. The average Bonchev–Trinajstić information content (AvgIpc) is 3.09. The number of nitrogens with one attached hydrogen (secondary N) is 2. The molecule has 0 atom stereocenters. The number of aromatic amines is 1. The quantitative estimate of drug-likeness (QED) is 0.429. The SMILES string of the molecule is O=C(N/N=C\c1ccc(Cl)cc1Cl)c1cc(-c2ccc(Cl)c(Cl)c2)n[nH]1. The first kappa shape index (κ1) is 18.7. The van der Waals surface area contributed by atoms with Gasteiger partial charge in [-0.05, 0) is 30.3 Å². The molecule has 0 fully saturated rings. The molecule has 2 N–H and O–H groups in total. The van der Waals surface area contributed by atoms with Crippen molar-refractivity contribution in [3.8, 4) is 11.3 Å². The lowest BCUT2D eigenvalue weighted by Gasteiger charge is -1.99. The fourth-order valence-electron chi connectivity index (χ4n) is 2.07. The van der Waals surface area contributed by atoms with Crippen LogP contribution in [0.4, 0.5) is 0 Å². The second kappa shape index (κ2) is 8.10. The van der Waals surface area contributed by atoms with Crippen LogP contribution in [0.25, 0.3) is 11.3 Å². The molecule has 0 spiro atoms. The predicted molar refractivity (Wildman–Crippen MR) is 106 cm³/mol. The Bertz CT molecular complexity index is 1000. The van der Waals surface area contributed by atoms with Crippen molar-refractivity contribution in [2.45, 2.75) is 0 Å². The van der Waals surface area contributed by atoms with Crippen LogP contribution in [0.5, 0.6) is 0 Å². The summed E-state index contributed by atoms with van der Waals surface area (Å²) in [4.78, 5) is 12.1. The summed E-state index contributed by atoms with van der Waals surface area (Å²) in [6, 6.07) is 11.6.